The van der Waals surface area contributed by atoms with E-state index in [9.17, 15) is 0 Å². The highest BCUT2D eigenvalue weighted by Crippen LogP contribution is 2.32. The fourth-order valence-electron chi connectivity index (χ4n) is 1.42. The van der Waals surface area contributed by atoms with Gasteiger partial charge in [-0.15, -0.1) is 0 Å². The Balaban J connectivity index is 2.21. The number of ether oxygens (including phenoxy) is 1. The molecule has 0 atom stereocenters. The Bertz CT molecular complexity index is 366. The molecule has 0 unspecified atom stereocenters. The number of halogens is 1. The van der Waals surface area contributed by atoms with Gasteiger partial charge in [0.1, 0.15) is 5.75 Å². The Labute approximate surface area is 95.6 Å². The predicted octanol–water partition coefficient (Wildman–Crippen LogP) is 3.57. The van der Waals surface area contributed by atoms with Crippen molar-refractivity contribution >= 4 is 11.6 Å². The van der Waals surface area contributed by atoms with Crippen LogP contribution in [-0.2, 0) is 5.41 Å². The topological polar surface area (TPSA) is 22.1 Å². The highest BCUT2D eigenvalue weighted by Gasteiger charge is 2.25. The Morgan fingerprint density at radius 1 is 1.40 bits per heavy atom. The molecule has 1 fully saturated rings. The average molecular weight is 226 g/mol. The van der Waals surface area contributed by atoms with Crippen LogP contribution in [0.3, 0.4) is 0 Å². The van der Waals surface area contributed by atoms with Crippen molar-refractivity contribution in [2.75, 3.05) is 0 Å². The quantitative estimate of drug-likeness (QED) is 0.768. The third kappa shape index (κ3) is 2.63. The number of rotatable bonds is 2. The van der Waals surface area contributed by atoms with Crippen LogP contribution in [0.1, 0.15) is 39.3 Å². The summed E-state index contributed by atoms with van der Waals surface area (Å²) >= 11 is 6.18. The van der Waals surface area contributed by atoms with E-state index in [1.807, 2.05) is 6.07 Å². The summed E-state index contributed by atoms with van der Waals surface area (Å²) in [5, 5.41) is 0.695. The average Bonchev–Trinajstić information content (AvgIpc) is 2.85. The maximum Gasteiger partial charge on any atom is 0.139 e. The summed E-state index contributed by atoms with van der Waals surface area (Å²) in [5.41, 5.74) is 0.905. The van der Waals surface area contributed by atoms with Crippen LogP contribution >= 0.6 is 11.6 Å². The van der Waals surface area contributed by atoms with Crippen molar-refractivity contribution in [3.8, 4) is 5.75 Å². The minimum absolute atomic E-state index is 0.0187. The Hall–Kier alpha value is -0.760. The van der Waals surface area contributed by atoms with E-state index in [0.717, 1.165) is 24.3 Å². The molecule has 0 aliphatic heterocycles. The van der Waals surface area contributed by atoms with Crippen LogP contribution in [0.25, 0.3) is 0 Å². The van der Waals surface area contributed by atoms with Crippen LogP contribution in [0.4, 0.5) is 0 Å². The summed E-state index contributed by atoms with van der Waals surface area (Å²) in [6.07, 6.45) is 4.46. The third-order valence-corrected chi connectivity index (χ3v) is 2.64. The number of pyridine rings is 1. The van der Waals surface area contributed by atoms with E-state index in [4.69, 9.17) is 16.3 Å². The third-order valence-electron chi connectivity index (χ3n) is 2.35. The maximum absolute atomic E-state index is 6.18. The van der Waals surface area contributed by atoms with Gasteiger partial charge in [-0.2, -0.15) is 0 Å². The second-order valence-corrected chi connectivity index (χ2v) is 5.48. The van der Waals surface area contributed by atoms with E-state index < -0.39 is 0 Å². The van der Waals surface area contributed by atoms with Gasteiger partial charge in [0.25, 0.3) is 0 Å². The van der Waals surface area contributed by atoms with Gasteiger partial charge in [0.15, 0.2) is 0 Å². The minimum atomic E-state index is -0.0187. The highest BCUT2D eigenvalue weighted by atomic mass is 35.5. The first-order chi connectivity index (χ1) is 6.97. The molecule has 0 saturated heterocycles. The molecule has 3 heteroatoms. The molecule has 1 saturated carbocycles. The molecular formula is C12H16ClNO. The molecule has 1 aromatic rings. The van der Waals surface area contributed by atoms with Crippen molar-refractivity contribution in [3.05, 3.63) is 23.0 Å². The lowest BCUT2D eigenvalue weighted by Crippen LogP contribution is -2.14. The normalized spacial score (nSPS) is 16.5. The molecule has 1 aromatic heterocycles. The van der Waals surface area contributed by atoms with Crippen LogP contribution < -0.4 is 4.74 Å². The van der Waals surface area contributed by atoms with Gasteiger partial charge in [0, 0.05) is 11.5 Å². The summed E-state index contributed by atoms with van der Waals surface area (Å²) in [6, 6.07) is 1.87. The van der Waals surface area contributed by atoms with Crippen molar-refractivity contribution in [2.24, 2.45) is 0 Å². The molecule has 2 nitrogen and oxygen atoms in total. The molecule has 0 radical (unpaired) electrons. The lowest BCUT2D eigenvalue weighted by molar-refractivity contribution is 0.301. The van der Waals surface area contributed by atoms with Crippen molar-refractivity contribution in [3.63, 3.8) is 0 Å². The van der Waals surface area contributed by atoms with E-state index in [1.165, 1.54) is 0 Å². The summed E-state index contributed by atoms with van der Waals surface area (Å²) in [7, 11) is 0. The van der Waals surface area contributed by atoms with Crippen LogP contribution in [0.5, 0.6) is 5.75 Å². The van der Waals surface area contributed by atoms with Crippen LogP contribution in [-0.4, -0.2) is 11.1 Å². The molecular weight excluding hydrogens is 210 g/mol. The standard InChI is InChI=1S/C12H16ClNO/c1-12(2,3)11-10(13)6-9(7-14-11)15-8-4-5-8/h6-8H,4-5H2,1-3H3. The number of nitrogens with zero attached hydrogens (tertiary/aromatic N) is 1. The number of hydrogen-bond donors (Lipinski definition) is 0. The summed E-state index contributed by atoms with van der Waals surface area (Å²) in [6.45, 7) is 6.30. The van der Waals surface area contributed by atoms with Crippen molar-refractivity contribution < 1.29 is 4.74 Å². The Morgan fingerprint density at radius 3 is 2.53 bits per heavy atom. The van der Waals surface area contributed by atoms with Gasteiger partial charge in [0.05, 0.1) is 23.0 Å². The molecule has 1 aliphatic rings. The highest BCUT2D eigenvalue weighted by molar-refractivity contribution is 6.31. The molecule has 0 bridgehead atoms. The minimum Gasteiger partial charge on any atom is -0.489 e. The van der Waals surface area contributed by atoms with Gasteiger partial charge in [-0.3, -0.25) is 4.98 Å². The molecule has 0 spiro atoms. The molecule has 0 aromatic carbocycles. The van der Waals surface area contributed by atoms with E-state index in [1.54, 1.807) is 6.20 Å². The largest absolute Gasteiger partial charge is 0.489 e. The zero-order valence-electron chi connectivity index (χ0n) is 9.38. The second-order valence-electron chi connectivity index (χ2n) is 5.07. The maximum atomic E-state index is 6.18. The first-order valence-electron chi connectivity index (χ1n) is 5.29. The summed E-state index contributed by atoms with van der Waals surface area (Å²) < 4.78 is 5.63. The van der Waals surface area contributed by atoms with Crippen LogP contribution in [0.2, 0.25) is 5.02 Å². The molecule has 0 amide bonds. The second kappa shape index (κ2) is 3.67. The van der Waals surface area contributed by atoms with Crippen molar-refractivity contribution in [1.82, 2.24) is 4.98 Å². The number of hydrogen-bond acceptors (Lipinski definition) is 2. The number of aromatic nitrogens is 1. The van der Waals surface area contributed by atoms with Crippen LogP contribution in [0, 0.1) is 0 Å². The van der Waals surface area contributed by atoms with E-state index in [-0.39, 0.29) is 5.41 Å². The van der Waals surface area contributed by atoms with Crippen molar-refractivity contribution in [2.45, 2.75) is 45.1 Å². The predicted molar refractivity (Wildman–Crippen MR) is 61.6 cm³/mol. The van der Waals surface area contributed by atoms with E-state index >= 15 is 0 Å². The first-order valence-corrected chi connectivity index (χ1v) is 5.67. The van der Waals surface area contributed by atoms with Gasteiger partial charge < -0.3 is 4.74 Å². The van der Waals surface area contributed by atoms with Gasteiger partial charge in [-0.25, -0.2) is 0 Å². The SMILES string of the molecule is CC(C)(C)c1ncc(OC2CC2)cc1Cl. The van der Waals surface area contributed by atoms with E-state index in [0.29, 0.717) is 11.1 Å². The zero-order chi connectivity index (χ0) is 11.1. The molecule has 0 N–H and O–H groups in total. The summed E-state index contributed by atoms with van der Waals surface area (Å²) in [4.78, 5) is 4.37. The van der Waals surface area contributed by atoms with Crippen LogP contribution in [0.15, 0.2) is 12.3 Å². The van der Waals surface area contributed by atoms with Gasteiger partial charge in [-0.05, 0) is 12.8 Å². The van der Waals surface area contributed by atoms with Gasteiger partial charge >= 0.3 is 0 Å². The fraction of sp³-hybridized carbons (Fsp3) is 0.583. The lowest BCUT2D eigenvalue weighted by atomic mass is 9.91. The van der Waals surface area contributed by atoms with Gasteiger partial charge in [-0.1, -0.05) is 32.4 Å². The van der Waals surface area contributed by atoms with Gasteiger partial charge in [0.2, 0.25) is 0 Å². The molecule has 1 heterocycles. The zero-order valence-corrected chi connectivity index (χ0v) is 10.1. The Kier molecular flexibility index (Phi) is 2.63. The molecule has 15 heavy (non-hydrogen) atoms. The van der Waals surface area contributed by atoms with E-state index in [2.05, 4.69) is 25.8 Å². The lowest BCUT2D eigenvalue weighted by Gasteiger charge is -2.19. The Morgan fingerprint density at radius 2 is 2.07 bits per heavy atom. The van der Waals surface area contributed by atoms with Crippen molar-refractivity contribution in [1.29, 1.82) is 0 Å². The fourth-order valence-corrected chi connectivity index (χ4v) is 1.85. The first kappa shape index (κ1) is 10.7. The molecule has 1 aliphatic carbocycles. The monoisotopic (exact) mass is 225 g/mol. The molecule has 2 rings (SSSR count). The molecule has 82 valence electrons. The smallest absolute Gasteiger partial charge is 0.139 e. The summed E-state index contributed by atoms with van der Waals surface area (Å²) in [5.74, 6) is 0.788.